The number of nitrogens with one attached hydrogen (secondary N) is 2. The molecule has 0 unspecified atom stereocenters. The number of sulfonamides is 1. The number of benzene rings is 1. The molecule has 0 bridgehead atoms. The molecule has 0 heterocycles. The summed E-state index contributed by atoms with van der Waals surface area (Å²) in [6.07, 6.45) is 0. The molecule has 2 N–H and O–H groups in total. The molecule has 0 aliphatic carbocycles. The van der Waals surface area contributed by atoms with Crippen molar-refractivity contribution in [2.45, 2.75) is 0 Å². The van der Waals surface area contributed by atoms with Crippen LogP contribution in [0.4, 0.5) is 10.1 Å². The van der Waals surface area contributed by atoms with Crippen LogP contribution in [-0.4, -0.2) is 27.8 Å². The van der Waals surface area contributed by atoms with E-state index in [1.165, 1.54) is 12.1 Å². The van der Waals surface area contributed by atoms with Crippen LogP contribution in [0.1, 0.15) is 0 Å². The first-order valence-corrected chi connectivity index (χ1v) is 6.58. The average molecular weight is 267 g/mol. The molecule has 1 aromatic rings. The molecule has 1 aromatic carbocycles. The molecule has 0 aromatic heterocycles. The zero-order valence-corrected chi connectivity index (χ0v) is 10.2. The summed E-state index contributed by atoms with van der Waals surface area (Å²) in [4.78, 5) is 0. The van der Waals surface area contributed by atoms with Crippen LogP contribution in [0.15, 0.2) is 18.2 Å². The molecule has 0 saturated carbocycles. The van der Waals surface area contributed by atoms with Crippen LogP contribution >= 0.6 is 11.6 Å². The minimum absolute atomic E-state index is 0.130. The van der Waals surface area contributed by atoms with Gasteiger partial charge in [0, 0.05) is 11.6 Å². The highest BCUT2D eigenvalue weighted by atomic mass is 35.5. The molecular formula is C9H12ClFN2O2S. The van der Waals surface area contributed by atoms with Crippen LogP contribution in [0.5, 0.6) is 0 Å². The lowest BCUT2D eigenvalue weighted by molar-refractivity contribution is 0.596. The highest BCUT2D eigenvalue weighted by Gasteiger charge is 2.12. The van der Waals surface area contributed by atoms with Crippen molar-refractivity contribution in [2.24, 2.45) is 0 Å². The lowest BCUT2D eigenvalue weighted by Gasteiger charge is -2.08. The zero-order chi connectivity index (χ0) is 12.2. The monoisotopic (exact) mass is 266 g/mol. The summed E-state index contributed by atoms with van der Waals surface area (Å²) in [5, 5.41) is 2.97. The van der Waals surface area contributed by atoms with Gasteiger partial charge in [-0.05, 0) is 25.2 Å². The van der Waals surface area contributed by atoms with Gasteiger partial charge in [0.1, 0.15) is 5.82 Å². The Morgan fingerprint density at radius 3 is 2.75 bits per heavy atom. The highest BCUT2D eigenvalue weighted by Crippen LogP contribution is 2.20. The SMILES string of the molecule is CNCCS(=O)(=O)Nc1cc(Cl)ccc1F. The maximum absolute atomic E-state index is 13.2. The summed E-state index contributed by atoms with van der Waals surface area (Å²) in [6.45, 7) is 0.289. The van der Waals surface area contributed by atoms with Crippen molar-refractivity contribution in [1.29, 1.82) is 0 Å². The number of rotatable bonds is 5. The van der Waals surface area contributed by atoms with E-state index >= 15 is 0 Å². The van der Waals surface area contributed by atoms with E-state index in [1.54, 1.807) is 7.05 Å². The molecular weight excluding hydrogens is 255 g/mol. The molecule has 1 rings (SSSR count). The summed E-state index contributed by atoms with van der Waals surface area (Å²) in [7, 11) is -1.91. The molecule has 0 atom stereocenters. The van der Waals surface area contributed by atoms with Crippen LogP contribution in [0, 0.1) is 5.82 Å². The fraction of sp³-hybridized carbons (Fsp3) is 0.333. The van der Waals surface area contributed by atoms with Crippen LogP contribution in [0.2, 0.25) is 5.02 Å². The molecule has 0 aliphatic heterocycles. The minimum atomic E-state index is -3.55. The Bertz CT molecular complexity index is 465. The van der Waals surface area contributed by atoms with Gasteiger partial charge in [-0.1, -0.05) is 11.6 Å². The fourth-order valence-electron chi connectivity index (χ4n) is 1.03. The van der Waals surface area contributed by atoms with Crippen molar-refractivity contribution in [1.82, 2.24) is 5.32 Å². The number of hydrogen-bond acceptors (Lipinski definition) is 3. The molecule has 16 heavy (non-hydrogen) atoms. The third kappa shape index (κ3) is 3.96. The third-order valence-electron chi connectivity index (χ3n) is 1.81. The topological polar surface area (TPSA) is 58.2 Å². The molecule has 0 spiro atoms. The minimum Gasteiger partial charge on any atom is -0.319 e. The van der Waals surface area contributed by atoms with Gasteiger partial charge < -0.3 is 5.32 Å². The normalized spacial score (nSPS) is 11.4. The summed E-state index contributed by atoms with van der Waals surface area (Å²) in [5.74, 6) is -0.785. The van der Waals surface area contributed by atoms with Gasteiger partial charge in [-0.2, -0.15) is 0 Å². The Kier molecular flexibility index (Phi) is 4.52. The van der Waals surface area contributed by atoms with E-state index in [1.807, 2.05) is 0 Å². The molecule has 0 aliphatic rings. The Labute approximate surface area is 98.9 Å². The van der Waals surface area contributed by atoms with Crippen LogP contribution in [-0.2, 0) is 10.0 Å². The maximum atomic E-state index is 13.2. The van der Waals surface area contributed by atoms with Crippen molar-refractivity contribution in [3.05, 3.63) is 29.0 Å². The Hall–Kier alpha value is -0.850. The number of anilines is 1. The second-order valence-corrected chi connectivity index (χ2v) is 5.43. The van der Waals surface area contributed by atoms with Crippen molar-refractivity contribution in [2.75, 3.05) is 24.1 Å². The zero-order valence-electron chi connectivity index (χ0n) is 8.63. The van der Waals surface area contributed by atoms with Gasteiger partial charge in [0.25, 0.3) is 0 Å². The lowest BCUT2D eigenvalue weighted by Crippen LogP contribution is -2.24. The predicted molar refractivity (Wildman–Crippen MR) is 62.7 cm³/mol. The van der Waals surface area contributed by atoms with Gasteiger partial charge in [-0.15, -0.1) is 0 Å². The van der Waals surface area contributed by atoms with E-state index in [9.17, 15) is 12.8 Å². The molecule has 90 valence electrons. The molecule has 4 nitrogen and oxygen atoms in total. The maximum Gasteiger partial charge on any atom is 0.234 e. The first-order chi connectivity index (χ1) is 7.44. The summed E-state index contributed by atoms with van der Waals surface area (Å²) >= 11 is 5.64. The number of hydrogen-bond donors (Lipinski definition) is 2. The van der Waals surface area contributed by atoms with E-state index in [-0.39, 0.29) is 23.0 Å². The van der Waals surface area contributed by atoms with E-state index in [4.69, 9.17) is 11.6 Å². The summed E-state index contributed by atoms with van der Waals surface area (Å²) < 4.78 is 38.3. The van der Waals surface area contributed by atoms with Crippen LogP contribution in [0.3, 0.4) is 0 Å². The molecule has 0 saturated heterocycles. The first kappa shape index (κ1) is 13.2. The quantitative estimate of drug-likeness (QED) is 0.848. The van der Waals surface area contributed by atoms with Gasteiger partial charge in [0.05, 0.1) is 11.4 Å². The standard InChI is InChI=1S/C9H12ClFN2O2S/c1-12-4-5-16(14,15)13-9-6-7(10)2-3-8(9)11/h2-3,6,12-13H,4-5H2,1H3. The van der Waals surface area contributed by atoms with Crippen molar-refractivity contribution >= 4 is 27.3 Å². The van der Waals surface area contributed by atoms with E-state index < -0.39 is 15.8 Å². The Balaban J connectivity index is 2.83. The summed E-state index contributed by atoms with van der Waals surface area (Å²) in [6, 6.07) is 3.69. The molecule has 0 amide bonds. The third-order valence-corrected chi connectivity index (χ3v) is 3.32. The van der Waals surface area contributed by atoms with Gasteiger partial charge >= 0.3 is 0 Å². The Morgan fingerprint density at radius 2 is 2.12 bits per heavy atom. The summed E-state index contributed by atoms with van der Waals surface area (Å²) in [5.41, 5.74) is -0.136. The van der Waals surface area contributed by atoms with Crippen molar-refractivity contribution in [3.63, 3.8) is 0 Å². The second kappa shape index (κ2) is 5.47. The van der Waals surface area contributed by atoms with Gasteiger partial charge in [0.15, 0.2) is 0 Å². The smallest absolute Gasteiger partial charge is 0.234 e. The fourth-order valence-corrected chi connectivity index (χ4v) is 2.27. The van der Waals surface area contributed by atoms with Crippen molar-refractivity contribution in [3.8, 4) is 0 Å². The van der Waals surface area contributed by atoms with Crippen molar-refractivity contribution < 1.29 is 12.8 Å². The van der Waals surface area contributed by atoms with Crippen LogP contribution < -0.4 is 10.0 Å². The van der Waals surface area contributed by atoms with E-state index in [2.05, 4.69) is 10.0 Å². The Morgan fingerprint density at radius 1 is 1.44 bits per heavy atom. The predicted octanol–water partition coefficient (Wildman–Crippen LogP) is 1.44. The lowest BCUT2D eigenvalue weighted by atomic mass is 10.3. The van der Waals surface area contributed by atoms with E-state index in [0.29, 0.717) is 0 Å². The van der Waals surface area contributed by atoms with Crippen LogP contribution in [0.25, 0.3) is 0 Å². The first-order valence-electron chi connectivity index (χ1n) is 4.55. The highest BCUT2D eigenvalue weighted by molar-refractivity contribution is 7.92. The molecule has 7 heteroatoms. The van der Waals surface area contributed by atoms with Gasteiger partial charge in [-0.25, -0.2) is 12.8 Å². The molecule has 0 fully saturated rings. The molecule has 0 radical (unpaired) electrons. The largest absolute Gasteiger partial charge is 0.319 e. The van der Waals surface area contributed by atoms with E-state index in [0.717, 1.165) is 6.07 Å². The average Bonchev–Trinajstić information content (AvgIpc) is 2.20. The van der Waals surface area contributed by atoms with Gasteiger partial charge in [0.2, 0.25) is 10.0 Å². The van der Waals surface area contributed by atoms with Gasteiger partial charge in [-0.3, -0.25) is 4.72 Å². The second-order valence-electron chi connectivity index (χ2n) is 3.15. The number of halogens is 2.